The first-order chi connectivity index (χ1) is 17.9. The maximum absolute atomic E-state index is 14.6. The van der Waals surface area contributed by atoms with E-state index >= 15 is 0 Å². The van der Waals surface area contributed by atoms with Gasteiger partial charge in [0.05, 0.1) is 7.11 Å². The Kier molecular flexibility index (Phi) is 8.25. The number of hydrogen-bond donors (Lipinski definition) is 3. The number of nitrogens with zero attached hydrogens (tertiary/aromatic N) is 1. The van der Waals surface area contributed by atoms with Crippen molar-refractivity contribution >= 4 is 17.5 Å². The number of carbonyl (C=O) groups is 3. The van der Waals surface area contributed by atoms with Gasteiger partial charge in [0, 0.05) is 48.1 Å². The van der Waals surface area contributed by atoms with Gasteiger partial charge in [0.25, 0.3) is 5.91 Å². The van der Waals surface area contributed by atoms with Gasteiger partial charge in [-0.05, 0) is 49.6 Å². The molecule has 2 aromatic carbocycles. The van der Waals surface area contributed by atoms with Gasteiger partial charge in [-0.2, -0.15) is 0 Å². The van der Waals surface area contributed by atoms with Gasteiger partial charge < -0.3 is 20.5 Å². The number of pyridine rings is 1. The van der Waals surface area contributed by atoms with E-state index in [-0.39, 0.29) is 41.4 Å². The largest absolute Gasteiger partial charge is 0.507 e. The molecule has 0 radical (unpaired) electrons. The molecule has 0 bridgehead atoms. The van der Waals surface area contributed by atoms with Crippen molar-refractivity contribution in [2.75, 3.05) is 20.2 Å². The Bertz CT molecular complexity index is 1280. The molecule has 1 saturated heterocycles. The number of aromatic nitrogens is 1. The number of hydrogen-bond acceptors (Lipinski definition) is 7. The molecular formula is C28H28FN3O5. The Labute approximate surface area is 213 Å². The number of aromatic hydroxyl groups is 1. The van der Waals surface area contributed by atoms with Gasteiger partial charge in [-0.25, -0.2) is 4.39 Å². The van der Waals surface area contributed by atoms with Crippen molar-refractivity contribution in [1.29, 1.82) is 0 Å². The van der Waals surface area contributed by atoms with Crippen LogP contribution in [-0.2, 0) is 0 Å². The fourth-order valence-corrected chi connectivity index (χ4v) is 4.51. The third-order valence-electron chi connectivity index (χ3n) is 6.57. The van der Waals surface area contributed by atoms with Crippen molar-refractivity contribution in [2.45, 2.75) is 25.3 Å². The second-order valence-electron chi connectivity index (χ2n) is 8.93. The predicted molar refractivity (Wildman–Crippen MR) is 135 cm³/mol. The molecule has 0 spiro atoms. The molecule has 2 heterocycles. The van der Waals surface area contributed by atoms with Crippen LogP contribution in [0.5, 0.6) is 11.5 Å². The number of carbonyl (C=O) groups excluding carboxylic acids is 3. The van der Waals surface area contributed by atoms with Crippen LogP contribution in [0.1, 0.15) is 55.9 Å². The molecule has 192 valence electrons. The summed E-state index contributed by atoms with van der Waals surface area (Å²) in [5.74, 6) is -2.73. The molecule has 1 aromatic heterocycles. The Hall–Kier alpha value is -4.11. The highest BCUT2D eigenvalue weighted by atomic mass is 19.1. The number of halogens is 1. The van der Waals surface area contributed by atoms with E-state index in [9.17, 15) is 23.9 Å². The minimum Gasteiger partial charge on any atom is -0.507 e. The zero-order chi connectivity index (χ0) is 26.4. The molecule has 4 rings (SSSR count). The van der Waals surface area contributed by atoms with Crippen LogP contribution in [0, 0.1) is 11.7 Å². The highest BCUT2D eigenvalue weighted by Gasteiger charge is 2.28. The molecule has 0 unspecified atom stereocenters. The highest BCUT2D eigenvalue weighted by Crippen LogP contribution is 2.30. The summed E-state index contributed by atoms with van der Waals surface area (Å²) in [6.07, 6.45) is 4.98. The number of amides is 1. The Morgan fingerprint density at radius 1 is 1.05 bits per heavy atom. The highest BCUT2D eigenvalue weighted by molar-refractivity contribution is 6.11. The van der Waals surface area contributed by atoms with Crippen LogP contribution < -0.4 is 15.4 Å². The lowest BCUT2D eigenvalue weighted by atomic mass is 9.88. The molecule has 0 saturated carbocycles. The summed E-state index contributed by atoms with van der Waals surface area (Å²) in [5.41, 5.74) is 0.545. The van der Waals surface area contributed by atoms with E-state index in [0.717, 1.165) is 19.4 Å². The Morgan fingerprint density at radius 3 is 2.46 bits per heavy atom. The summed E-state index contributed by atoms with van der Waals surface area (Å²) >= 11 is 0. The van der Waals surface area contributed by atoms with Crippen LogP contribution in [0.2, 0.25) is 0 Å². The van der Waals surface area contributed by atoms with Gasteiger partial charge in [0.1, 0.15) is 11.3 Å². The molecule has 37 heavy (non-hydrogen) atoms. The SMILES string of the molecule is COc1ccc(O)c(C(=O)c2ccc(C(=O)C[C@@H]3CCCNC[C@H]3NC(=O)c3ccncc3)cc2)c1F. The van der Waals surface area contributed by atoms with Crippen LogP contribution >= 0.6 is 0 Å². The van der Waals surface area contributed by atoms with E-state index < -0.39 is 22.9 Å². The monoisotopic (exact) mass is 505 g/mol. The summed E-state index contributed by atoms with van der Waals surface area (Å²) in [5, 5.41) is 16.4. The molecule has 1 aliphatic rings. The summed E-state index contributed by atoms with van der Waals surface area (Å²) in [7, 11) is 1.27. The summed E-state index contributed by atoms with van der Waals surface area (Å²) in [4.78, 5) is 42.6. The number of ether oxygens (including phenoxy) is 1. The average molecular weight is 506 g/mol. The quantitative estimate of drug-likeness (QED) is 0.401. The van der Waals surface area contributed by atoms with E-state index in [0.29, 0.717) is 17.7 Å². The fraction of sp³-hybridized carbons (Fsp3) is 0.286. The first-order valence-corrected chi connectivity index (χ1v) is 12.0. The van der Waals surface area contributed by atoms with Gasteiger partial charge in [0.15, 0.2) is 23.1 Å². The topological polar surface area (TPSA) is 118 Å². The van der Waals surface area contributed by atoms with E-state index in [4.69, 9.17) is 4.74 Å². The molecule has 1 amide bonds. The van der Waals surface area contributed by atoms with Crippen LogP contribution in [0.3, 0.4) is 0 Å². The molecule has 9 heteroatoms. The molecular weight excluding hydrogens is 477 g/mol. The smallest absolute Gasteiger partial charge is 0.251 e. The molecule has 1 aliphatic heterocycles. The summed E-state index contributed by atoms with van der Waals surface area (Å²) < 4.78 is 19.5. The minimum absolute atomic E-state index is 0.0718. The Morgan fingerprint density at radius 2 is 1.76 bits per heavy atom. The number of nitrogens with one attached hydrogen (secondary N) is 2. The van der Waals surface area contributed by atoms with Gasteiger partial charge >= 0.3 is 0 Å². The molecule has 1 fully saturated rings. The predicted octanol–water partition coefficient (Wildman–Crippen LogP) is 3.54. The second kappa shape index (κ2) is 11.7. The zero-order valence-corrected chi connectivity index (χ0v) is 20.4. The van der Waals surface area contributed by atoms with Crippen molar-refractivity contribution in [2.24, 2.45) is 5.92 Å². The zero-order valence-electron chi connectivity index (χ0n) is 20.4. The Balaban J connectivity index is 1.47. The van der Waals surface area contributed by atoms with Gasteiger partial charge in [-0.3, -0.25) is 19.4 Å². The minimum atomic E-state index is -0.950. The lowest BCUT2D eigenvalue weighted by Gasteiger charge is -2.25. The molecule has 3 aromatic rings. The number of rotatable bonds is 8. The number of phenols is 1. The molecule has 0 aliphatic carbocycles. The van der Waals surface area contributed by atoms with E-state index in [1.807, 2.05) is 0 Å². The van der Waals surface area contributed by atoms with Crippen molar-refractivity contribution in [3.63, 3.8) is 0 Å². The van der Waals surface area contributed by atoms with E-state index in [1.54, 1.807) is 24.5 Å². The molecule has 8 nitrogen and oxygen atoms in total. The standard InChI is InChI=1S/C28H28FN3O5/c1-37-24-9-8-22(33)25(26(24)29)27(35)18-6-4-17(5-7-18)23(34)15-20-3-2-12-31-16-21(20)32-28(36)19-10-13-30-14-11-19/h4-11,13-14,20-21,31,33H,2-3,12,15-16H2,1H3,(H,32,36)/t20-,21+/m0/s1. The first-order valence-electron chi connectivity index (χ1n) is 12.0. The van der Waals surface area contributed by atoms with E-state index in [1.165, 1.54) is 43.5 Å². The lowest BCUT2D eigenvalue weighted by molar-refractivity contribution is 0.0885. The first kappa shape index (κ1) is 26.0. The number of phenolic OH excluding ortho intramolecular Hbond substituents is 1. The summed E-state index contributed by atoms with van der Waals surface area (Å²) in [6, 6.07) is 11.4. The van der Waals surface area contributed by atoms with Crippen LogP contribution in [0.15, 0.2) is 60.9 Å². The van der Waals surface area contributed by atoms with E-state index in [2.05, 4.69) is 15.6 Å². The number of Topliss-reactive ketones (excluding diaryl/α,β-unsaturated/α-hetero) is 1. The molecule has 3 N–H and O–H groups in total. The number of methoxy groups -OCH3 is 1. The summed E-state index contributed by atoms with van der Waals surface area (Å²) in [6.45, 7) is 1.36. The van der Waals surface area contributed by atoms with Crippen LogP contribution in [0.4, 0.5) is 4.39 Å². The third-order valence-corrected chi connectivity index (χ3v) is 6.57. The van der Waals surface area contributed by atoms with Gasteiger partial charge in [-0.1, -0.05) is 24.3 Å². The van der Waals surface area contributed by atoms with Crippen molar-refractivity contribution in [1.82, 2.24) is 15.6 Å². The van der Waals surface area contributed by atoms with Crippen molar-refractivity contribution in [3.8, 4) is 11.5 Å². The van der Waals surface area contributed by atoms with Gasteiger partial charge in [-0.15, -0.1) is 0 Å². The maximum Gasteiger partial charge on any atom is 0.251 e. The van der Waals surface area contributed by atoms with Crippen molar-refractivity contribution < 1.29 is 28.6 Å². The number of ketones is 2. The lowest BCUT2D eigenvalue weighted by Crippen LogP contribution is -2.45. The third kappa shape index (κ3) is 6.00. The van der Waals surface area contributed by atoms with Crippen LogP contribution in [-0.4, -0.2) is 53.8 Å². The number of benzene rings is 2. The maximum atomic E-state index is 14.6. The average Bonchev–Trinajstić information content (AvgIpc) is 3.14. The van der Waals surface area contributed by atoms with Crippen LogP contribution in [0.25, 0.3) is 0 Å². The van der Waals surface area contributed by atoms with Gasteiger partial charge in [0.2, 0.25) is 0 Å². The van der Waals surface area contributed by atoms with Crippen molar-refractivity contribution in [3.05, 3.63) is 89.0 Å². The fourth-order valence-electron chi connectivity index (χ4n) is 4.51. The second-order valence-corrected chi connectivity index (χ2v) is 8.93. The molecule has 2 atom stereocenters. The normalized spacial score (nSPS) is 17.5.